The van der Waals surface area contributed by atoms with E-state index in [0.29, 0.717) is 11.9 Å². The summed E-state index contributed by atoms with van der Waals surface area (Å²) in [5.74, 6) is 3.34. The van der Waals surface area contributed by atoms with Gasteiger partial charge < -0.3 is 4.74 Å². The Hall–Kier alpha value is 0.170. The maximum absolute atomic E-state index is 10.8. The molecular formula is C13H26O2S2. The summed E-state index contributed by atoms with van der Waals surface area (Å²) >= 11 is 3.93. The Labute approximate surface area is 115 Å². The van der Waals surface area contributed by atoms with Crippen LogP contribution in [0.3, 0.4) is 0 Å². The van der Waals surface area contributed by atoms with E-state index in [0.717, 1.165) is 5.75 Å². The lowest BCUT2D eigenvalue weighted by Crippen LogP contribution is -2.18. The zero-order valence-electron chi connectivity index (χ0n) is 11.4. The van der Waals surface area contributed by atoms with Crippen molar-refractivity contribution in [1.82, 2.24) is 0 Å². The normalized spacial score (nSPS) is 12.4. The Morgan fingerprint density at radius 1 is 1.18 bits per heavy atom. The summed E-state index contributed by atoms with van der Waals surface area (Å²) in [6.45, 7) is 6.48. The van der Waals surface area contributed by atoms with Crippen LogP contribution in [-0.2, 0) is 9.53 Å². The van der Waals surface area contributed by atoms with Crippen LogP contribution in [0.2, 0.25) is 0 Å². The number of carbonyl (C=O) groups is 1. The number of hydrogen-bond acceptors (Lipinski definition) is 4. The van der Waals surface area contributed by atoms with Gasteiger partial charge in [0.1, 0.15) is 6.61 Å². The monoisotopic (exact) mass is 278 g/mol. The van der Waals surface area contributed by atoms with Gasteiger partial charge in [0.25, 0.3) is 0 Å². The molecule has 0 spiro atoms. The first-order valence-electron chi connectivity index (χ1n) is 6.53. The summed E-state index contributed by atoms with van der Waals surface area (Å²) in [6, 6.07) is 0. The molecule has 0 aliphatic heterocycles. The number of hydrogen-bond donors (Lipinski definition) is 0. The van der Waals surface area contributed by atoms with Crippen LogP contribution < -0.4 is 0 Å². The minimum Gasteiger partial charge on any atom is -0.465 e. The summed E-state index contributed by atoms with van der Waals surface area (Å²) in [5.41, 5.74) is 0. The summed E-state index contributed by atoms with van der Waals surface area (Å²) < 4.78 is 5.12. The van der Waals surface area contributed by atoms with Crippen molar-refractivity contribution in [1.29, 1.82) is 0 Å². The largest absolute Gasteiger partial charge is 0.465 e. The van der Waals surface area contributed by atoms with Crippen LogP contribution >= 0.6 is 23.5 Å². The maximum Gasteiger partial charge on any atom is 0.302 e. The van der Waals surface area contributed by atoms with Gasteiger partial charge in [0.05, 0.1) is 0 Å². The van der Waals surface area contributed by atoms with E-state index >= 15 is 0 Å². The highest BCUT2D eigenvalue weighted by atomic mass is 32.2. The summed E-state index contributed by atoms with van der Waals surface area (Å²) in [4.78, 5) is 10.8. The number of esters is 1. The quantitative estimate of drug-likeness (QED) is 0.422. The molecular weight excluding hydrogens is 252 g/mol. The van der Waals surface area contributed by atoms with Crippen LogP contribution in [-0.4, -0.2) is 35.1 Å². The standard InChI is InChI=1S/C13H26O2S2/c1-4-6-8-16-11-13(10-15-12(3)14)17-9-7-5-2/h13H,4-11H2,1-3H3. The summed E-state index contributed by atoms with van der Waals surface area (Å²) in [7, 11) is 0. The molecule has 0 aliphatic rings. The van der Waals surface area contributed by atoms with E-state index in [1.807, 2.05) is 23.5 Å². The molecule has 4 heteroatoms. The van der Waals surface area contributed by atoms with Crippen LogP contribution in [0.25, 0.3) is 0 Å². The van der Waals surface area contributed by atoms with Crippen molar-refractivity contribution in [3.8, 4) is 0 Å². The van der Waals surface area contributed by atoms with Crippen molar-refractivity contribution < 1.29 is 9.53 Å². The third-order valence-electron chi connectivity index (χ3n) is 2.27. The minimum absolute atomic E-state index is 0.162. The van der Waals surface area contributed by atoms with Crippen LogP contribution in [0.5, 0.6) is 0 Å². The average molecular weight is 278 g/mol. The molecule has 0 fully saturated rings. The Kier molecular flexibility index (Phi) is 12.7. The van der Waals surface area contributed by atoms with Gasteiger partial charge in [0.2, 0.25) is 0 Å². The second-order valence-corrected chi connectivity index (χ2v) is 6.64. The van der Waals surface area contributed by atoms with Crippen molar-refractivity contribution >= 4 is 29.5 Å². The molecule has 102 valence electrons. The van der Waals surface area contributed by atoms with Gasteiger partial charge in [-0.15, -0.1) is 0 Å². The lowest BCUT2D eigenvalue weighted by Gasteiger charge is -2.15. The fourth-order valence-electron chi connectivity index (χ4n) is 1.21. The van der Waals surface area contributed by atoms with E-state index in [9.17, 15) is 4.79 Å². The zero-order valence-corrected chi connectivity index (χ0v) is 13.0. The Balaban J connectivity index is 3.71. The topological polar surface area (TPSA) is 26.3 Å². The predicted molar refractivity (Wildman–Crippen MR) is 80.0 cm³/mol. The molecule has 0 rings (SSSR count). The second kappa shape index (κ2) is 12.6. The molecule has 0 saturated carbocycles. The van der Waals surface area contributed by atoms with Gasteiger partial charge in [-0.25, -0.2) is 0 Å². The van der Waals surface area contributed by atoms with E-state index in [1.54, 1.807) is 0 Å². The van der Waals surface area contributed by atoms with E-state index in [1.165, 1.54) is 44.1 Å². The molecule has 0 heterocycles. The highest BCUT2D eigenvalue weighted by Crippen LogP contribution is 2.19. The van der Waals surface area contributed by atoms with Crippen molar-refractivity contribution in [3.63, 3.8) is 0 Å². The van der Waals surface area contributed by atoms with Crippen LogP contribution in [0, 0.1) is 0 Å². The molecule has 0 aliphatic carbocycles. The molecule has 0 amide bonds. The smallest absolute Gasteiger partial charge is 0.302 e. The fraction of sp³-hybridized carbons (Fsp3) is 0.923. The molecule has 0 bridgehead atoms. The van der Waals surface area contributed by atoms with E-state index in [4.69, 9.17) is 4.74 Å². The van der Waals surface area contributed by atoms with Gasteiger partial charge in [-0.05, 0) is 24.3 Å². The van der Waals surface area contributed by atoms with Crippen molar-refractivity contribution in [3.05, 3.63) is 0 Å². The molecule has 0 aromatic carbocycles. The van der Waals surface area contributed by atoms with Crippen molar-refractivity contribution in [2.45, 2.75) is 51.7 Å². The highest BCUT2D eigenvalue weighted by Gasteiger charge is 2.11. The summed E-state index contributed by atoms with van der Waals surface area (Å²) in [5, 5.41) is 0.465. The van der Waals surface area contributed by atoms with Crippen molar-refractivity contribution in [2.75, 3.05) is 23.9 Å². The zero-order chi connectivity index (χ0) is 12.9. The highest BCUT2D eigenvalue weighted by molar-refractivity contribution is 8.03. The lowest BCUT2D eigenvalue weighted by atomic mass is 10.4. The molecule has 0 aromatic heterocycles. The van der Waals surface area contributed by atoms with Crippen molar-refractivity contribution in [2.24, 2.45) is 0 Å². The molecule has 17 heavy (non-hydrogen) atoms. The molecule has 0 radical (unpaired) electrons. The van der Waals surface area contributed by atoms with Gasteiger partial charge >= 0.3 is 5.97 Å². The van der Waals surface area contributed by atoms with Gasteiger partial charge in [-0.1, -0.05) is 26.7 Å². The molecule has 0 N–H and O–H groups in total. The molecule has 0 aromatic rings. The second-order valence-electron chi connectivity index (χ2n) is 4.08. The molecule has 0 saturated heterocycles. The number of carbonyl (C=O) groups excluding carboxylic acids is 1. The Morgan fingerprint density at radius 3 is 2.41 bits per heavy atom. The van der Waals surface area contributed by atoms with Gasteiger partial charge in [0, 0.05) is 17.9 Å². The first-order valence-corrected chi connectivity index (χ1v) is 8.73. The molecule has 1 atom stereocenters. The van der Waals surface area contributed by atoms with Gasteiger partial charge in [-0.3, -0.25) is 4.79 Å². The van der Waals surface area contributed by atoms with E-state index in [-0.39, 0.29) is 5.97 Å². The third-order valence-corrected chi connectivity index (χ3v) is 4.99. The van der Waals surface area contributed by atoms with Crippen LogP contribution in [0.4, 0.5) is 0 Å². The maximum atomic E-state index is 10.8. The fourth-order valence-corrected chi connectivity index (χ4v) is 3.86. The minimum atomic E-state index is -0.162. The number of unbranched alkanes of at least 4 members (excludes halogenated alkanes) is 2. The third kappa shape index (κ3) is 12.4. The van der Waals surface area contributed by atoms with E-state index < -0.39 is 0 Å². The average Bonchev–Trinajstić information content (AvgIpc) is 2.30. The lowest BCUT2D eigenvalue weighted by molar-refractivity contribution is -0.140. The van der Waals surface area contributed by atoms with Gasteiger partial charge in [0.15, 0.2) is 0 Å². The molecule has 1 unspecified atom stereocenters. The molecule has 2 nitrogen and oxygen atoms in total. The van der Waals surface area contributed by atoms with Crippen LogP contribution in [0.15, 0.2) is 0 Å². The van der Waals surface area contributed by atoms with Gasteiger partial charge in [-0.2, -0.15) is 23.5 Å². The number of ether oxygens (including phenoxy) is 1. The van der Waals surface area contributed by atoms with Crippen LogP contribution in [0.1, 0.15) is 46.5 Å². The SMILES string of the molecule is CCCCSCC(COC(C)=O)SCCCC. The number of thioether (sulfide) groups is 2. The first-order chi connectivity index (χ1) is 8.20. The summed E-state index contributed by atoms with van der Waals surface area (Å²) in [6.07, 6.45) is 5.02. The predicted octanol–water partition coefficient (Wildman–Crippen LogP) is 3.98. The Morgan fingerprint density at radius 2 is 1.82 bits per heavy atom. The Bertz CT molecular complexity index is 186. The van der Waals surface area contributed by atoms with E-state index in [2.05, 4.69) is 13.8 Å². The number of rotatable bonds is 11. The first kappa shape index (κ1) is 17.2.